The zero-order chi connectivity index (χ0) is 25.2. The summed E-state index contributed by atoms with van der Waals surface area (Å²) in [6.45, 7) is 0.956. The smallest absolute Gasteiger partial charge is 0.425 e. The number of carbonyl (C=O) groups excluding carboxylic acids is 2. The zero-order valence-corrected chi connectivity index (χ0v) is 18.3. The molecule has 2 aromatic rings. The molecular weight excluding hydrogens is 489 g/mol. The van der Waals surface area contributed by atoms with E-state index in [0.29, 0.717) is 13.0 Å². The van der Waals surface area contributed by atoms with Crippen LogP contribution in [-0.2, 0) is 0 Å². The van der Waals surface area contributed by atoms with Gasteiger partial charge in [0.25, 0.3) is 5.91 Å². The van der Waals surface area contributed by atoms with Crippen molar-refractivity contribution in [3.05, 3.63) is 52.6 Å². The highest BCUT2D eigenvalue weighted by molar-refractivity contribution is 6.34. The molecule has 184 valence electrons. The molecule has 1 atom stereocenters. The largest absolute Gasteiger partial charge is 0.480 e. The number of para-hydroxylation sites is 1. The number of aliphatic hydroxyl groups excluding tert-OH is 1. The molecule has 1 aliphatic heterocycles. The Hall–Kier alpha value is -3.12. The lowest BCUT2D eigenvalue weighted by Gasteiger charge is -2.38. The third kappa shape index (κ3) is 5.68. The number of benzene rings is 2. The molecule has 0 aliphatic carbocycles. The van der Waals surface area contributed by atoms with Crippen LogP contribution in [0.1, 0.15) is 17.3 Å². The summed E-state index contributed by atoms with van der Waals surface area (Å²) in [5, 5.41) is 13.1. The van der Waals surface area contributed by atoms with Crippen molar-refractivity contribution >= 4 is 34.9 Å². The number of rotatable bonds is 6. The summed E-state index contributed by atoms with van der Waals surface area (Å²) < 4.78 is 72.8. The topological polar surface area (TPSA) is 90.9 Å². The van der Waals surface area contributed by atoms with Crippen molar-refractivity contribution < 1.29 is 41.4 Å². The second kappa shape index (κ2) is 10.0. The average Bonchev–Trinajstić information content (AvgIpc) is 2.71. The van der Waals surface area contributed by atoms with Crippen molar-refractivity contribution in [3.63, 3.8) is 0 Å². The number of alkyl halides is 3. The zero-order valence-electron chi connectivity index (χ0n) is 17.5. The van der Waals surface area contributed by atoms with Crippen LogP contribution in [0.15, 0.2) is 30.3 Å². The number of anilines is 2. The second-order valence-corrected chi connectivity index (χ2v) is 7.97. The standard InChI is InChI=1S/C21H19ClF5N3O4/c1-10(21(25,26)27)34-17-6-16(28-20(33)30-7-11(8-30)9-31)15(24)5-12(17)19(32)29-18-13(22)3-2-4-14(18)23/h2-6,10-11,31H,7-9H2,1H3,(H,28,33)(H,29,32). The Morgan fingerprint density at radius 1 is 1.21 bits per heavy atom. The van der Waals surface area contributed by atoms with Gasteiger partial charge in [0.2, 0.25) is 0 Å². The molecule has 1 heterocycles. The number of urea groups is 1. The number of ether oxygens (including phenoxy) is 1. The Morgan fingerprint density at radius 2 is 1.88 bits per heavy atom. The lowest BCUT2D eigenvalue weighted by molar-refractivity contribution is -0.189. The third-order valence-electron chi connectivity index (χ3n) is 5.02. The van der Waals surface area contributed by atoms with E-state index in [1.807, 2.05) is 0 Å². The highest BCUT2D eigenvalue weighted by atomic mass is 35.5. The van der Waals surface area contributed by atoms with Crippen LogP contribution < -0.4 is 15.4 Å². The van der Waals surface area contributed by atoms with Crippen molar-refractivity contribution in [2.45, 2.75) is 19.2 Å². The van der Waals surface area contributed by atoms with Gasteiger partial charge < -0.3 is 25.4 Å². The Morgan fingerprint density at radius 3 is 2.47 bits per heavy atom. The first kappa shape index (κ1) is 25.5. The number of amides is 3. The Bertz CT molecular complexity index is 1070. The van der Waals surface area contributed by atoms with Crippen LogP contribution in [0.25, 0.3) is 0 Å². The molecule has 0 aromatic heterocycles. The molecule has 1 saturated heterocycles. The lowest BCUT2D eigenvalue weighted by atomic mass is 10.0. The summed E-state index contributed by atoms with van der Waals surface area (Å²) in [6, 6.07) is 4.06. The van der Waals surface area contributed by atoms with Gasteiger partial charge >= 0.3 is 12.2 Å². The van der Waals surface area contributed by atoms with E-state index in [-0.39, 0.29) is 30.6 Å². The van der Waals surface area contributed by atoms with Crippen LogP contribution in [0.4, 0.5) is 38.1 Å². The summed E-state index contributed by atoms with van der Waals surface area (Å²) in [5.74, 6) is -4.10. The summed E-state index contributed by atoms with van der Waals surface area (Å²) in [7, 11) is 0. The molecule has 1 aliphatic rings. The molecule has 13 heteroatoms. The third-order valence-corrected chi connectivity index (χ3v) is 5.34. The van der Waals surface area contributed by atoms with Gasteiger partial charge in [-0.2, -0.15) is 13.2 Å². The van der Waals surface area contributed by atoms with Crippen molar-refractivity contribution in [1.29, 1.82) is 0 Å². The fourth-order valence-electron chi connectivity index (χ4n) is 3.02. The van der Waals surface area contributed by atoms with E-state index in [4.69, 9.17) is 21.4 Å². The summed E-state index contributed by atoms with van der Waals surface area (Å²) >= 11 is 5.85. The quantitative estimate of drug-likeness (QED) is 0.496. The van der Waals surface area contributed by atoms with Crippen molar-refractivity contribution in [2.75, 3.05) is 30.3 Å². The first-order valence-corrected chi connectivity index (χ1v) is 10.3. The normalized spacial score (nSPS) is 14.9. The van der Waals surface area contributed by atoms with Gasteiger partial charge in [0, 0.05) is 31.7 Å². The van der Waals surface area contributed by atoms with Gasteiger partial charge in [-0.15, -0.1) is 0 Å². The van der Waals surface area contributed by atoms with Gasteiger partial charge in [0.15, 0.2) is 6.10 Å². The molecular formula is C21H19ClF5N3O4. The highest BCUT2D eigenvalue weighted by Crippen LogP contribution is 2.33. The molecule has 7 nitrogen and oxygen atoms in total. The van der Waals surface area contributed by atoms with Crippen LogP contribution in [0, 0.1) is 17.6 Å². The Balaban J connectivity index is 1.92. The number of carbonyl (C=O) groups is 2. The summed E-state index contributed by atoms with van der Waals surface area (Å²) in [4.78, 5) is 26.2. The molecule has 0 bridgehead atoms. The van der Waals surface area contributed by atoms with Crippen LogP contribution in [0.2, 0.25) is 5.02 Å². The Kier molecular flexibility index (Phi) is 7.51. The van der Waals surface area contributed by atoms with E-state index in [0.717, 1.165) is 12.1 Å². The first-order valence-electron chi connectivity index (χ1n) is 9.89. The van der Waals surface area contributed by atoms with Crippen LogP contribution in [0.5, 0.6) is 5.75 Å². The lowest BCUT2D eigenvalue weighted by Crippen LogP contribution is -2.52. The number of aliphatic hydroxyl groups is 1. The van der Waals surface area contributed by atoms with Gasteiger partial charge in [-0.05, 0) is 25.1 Å². The Labute approximate surface area is 195 Å². The van der Waals surface area contributed by atoms with Gasteiger partial charge in [0.05, 0.1) is 22.0 Å². The predicted molar refractivity (Wildman–Crippen MR) is 113 cm³/mol. The number of nitrogens with one attached hydrogen (secondary N) is 2. The molecule has 1 fully saturated rings. The van der Waals surface area contributed by atoms with E-state index >= 15 is 0 Å². The van der Waals surface area contributed by atoms with E-state index in [9.17, 15) is 31.5 Å². The van der Waals surface area contributed by atoms with Crippen molar-refractivity contribution in [2.24, 2.45) is 5.92 Å². The van der Waals surface area contributed by atoms with Crippen molar-refractivity contribution in [1.82, 2.24) is 4.90 Å². The van der Waals surface area contributed by atoms with E-state index < -0.39 is 58.5 Å². The molecule has 0 saturated carbocycles. The fourth-order valence-corrected chi connectivity index (χ4v) is 3.24. The van der Waals surface area contributed by atoms with Gasteiger partial charge in [-0.1, -0.05) is 17.7 Å². The molecule has 0 radical (unpaired) electrons. The predicted octanol–water partition coefficient (Wildman–Crippen LogP) is 4.66. The highest BCUT2D eigenvalue weighted by Gasteiger charge is 2.39. The summed E-state index contributed by atoms with van der Waals surface area (Å²) in [5.41, 5.74) is -1.68. The first-order chi connectivity index (χ1) is 15.9. The number of likely N-dealkylation sites (tertiary alicyclic amines) is 1. The molecule has 3 amide bonds. The SMILES string of the molecule is CC(Oc1cc(NC(=O)N2CC(CO)C2)c(F)cc1C(=O)Nc1c(F)cccc1Cl)C(F)(F)F. The average molecular weight is 508 g/mol. The minimum absolute atomic E-state index is 0.126. The maximum Gasteiger partial charge on any atom is 0.425 e. The van der Waals surface area contributed by atoms with E-state index in [2.05, 4.69) is 10.6 Å². The molecule has 1 unspecified atom stereocenters. The summed E-state index contributed by atoms with van der Waals surface area (Å²) in [6.07, 6.45) is -7.22. The monoisotopic (exact) mass is 507 g/mol. The van der Waals surface area contributed by atoms with Crippen LogP contribution >= 0.6 is 11.6 Å². The van der Waals surface area contributed by atoms with E-state index in [1.54, 1.807) is 0 Å². The van der Waals surface area contributed by atoms with Gasteiger partial charge in [-0.3, -0.25) is 4.79 Å². The fraction of sp³-hybridized carbons (Fsp3) is 0.333. The van der Waals surface area contributed by atoms with Crippen LogP contribution in [0.3, 0.4) is 0 Å². The minimum Gasteiger partial charge on any atom is -0.480 e. The number of hydrogen-bond acceptors (Lipinski definition) is 4. The number of hydrogen-bond donors (Lipinski definition) is 3. The molecule has 3 N–H and O–H groups in total. The minimum atomic E-state index is -4.82. The number of halogens is 6. The maximum absolute atomic E-state index is 14.7. The molecule has 0 spiro atoms. The molecule has 34 heavy (non-hydrogen) atoms. The van der Waals surface area contributed by atoms with Gasteiger partial charge in [0.1, 0.15) is 17.4 Å². The molecule has 3 rings (SSSR count). The van der Waals surface area contributed by atoms with Gasteiger partial charge in [-0.25, -0.2) is 13.6 Å². The van der Waals surface area contributed by atoms with Crippen molar-refractivity contribution in [3.8, 4) is 5.75 Å². The maximum atomic E-state index is 14.7. The van der Waals surface area contributed by atoms with E-state index in [1.165, 1.54) is 17.0 Å². The number of nitrogens with zero attached hydrogens (tertiary/aromatic N) is 1. The van der Waals surface area contributed by atoms with Crippen LogP contribution in [-0.4, -0.2) is 53.9 Å². The second-order valence-electron chi connectivity index (χ2n) is 7.56. The molecule has 2 aromatic carbocycles.